The van der Waals surface area contributed by atoms with Gasteiger partial charge in [-0.3, -0.25) is 0 Å². The highest BCUT2D eigenvalue weighted by Gasteiger charge is 2.00. The van der Waals surface area contributed by atoms with E-state index in [0.717, 1.165) is 6.42 Å². The monoisotopic (exact) mass is 227 g/mol. The van der Waals surface area contributed by atoms with Crippen molar-refractivity contribution >= 4 is 10.5 Å². The Bertz CT molecular complexity index is 412. The maximum Gasteiger partial charge on any atom is 0.240 e. The Morgan fingerprint density at radius 1 is 0.875 bits per heavy atom. The zero-order valence-electron chi connectivity index (χ0n) is 9.35. The zero-order valence-corrected chi connectivity index (χ0v) is 10.4. The molecule has 0 aliphatic rings. The lowest BCUT2D eigenvalue weighted by atomic mass is 9.98. The van der Waals surface area contributed by atoms with Crippen molar-refractivity contribution in [3.8, 4) is 11.1 Å². The molecule has 3 radical (unpaired) electrons. The average Bonchev–Trinajstić information content (AvgIpc) is 2.42. The SMILES string of the molecule is CCc1ccccc1-c1ccccc1.O[Si]. The smallest absolute Gasteiger partial charge is 0.240 e. The molecule has 0 fully saturated rings. The van der Waals surface area contributed by atoms with Crippen LogP contribution < -0.4 is 0 Å². The van der Waals surface area contributed by atoms with Gasteiger partial charge < -0.3 is 4.80 Å². The fourth-order valence-electron chi connectivity index (χ4n) is 1.73. The van der Waals surface area contributed by atoms with Gasteiger partial charge in [-0.25, -0.2) is 0 Å². The molecule has 0 aromatic heterocycles. The topological polar surface area (TPSA) is 20.2 Å². The standard InChI is InChI=1S/C14H14.HOSi/c1-2-12-8-6-7-11-14(12)13-9-4-3-5-10-13;1-2/h3-11H,2H2,1H3;1H. The van der Waals surface area contributed by atoms with E-state index in [1.807, 2.05) is 10.5 Å². The molecule has 0 saturated heterocycles. The van der Waals surface area contributed by atoms with E-state index in [1.165, 1.54) is 16.7 Å². The molecule has 2 heteroatoms. The van der Waals surface area contributed by atoms with Gasteiger partial charge in [0.1, 0.15) is 0 Å². The van der Waals surface area contributed by atoms with Crippen LogP contribution in [0.15, 0.2) is 54.6 Å². The lowest BCUT2D eigenvalue weighted by Gasteiger charge is -2.06. The molecule has 0 bridgehead atoms. The van der Waals surface area contributed by atoms with Gasteiger partial charge in [-0.1, -0.05) is 61.5 Å². The van der Waals surface area contributed by atoms with Crippen molar-refractivity contribution in [2.75, 3.05) is 0 Å². The van der Waals surface area contributed by atoms with E-state index < -0.39 is 0 Å². The summed E-state index contributed by atoms with van der Waals surface area (Å²) in [5.74, 6) is 0. The summed E-state index contributed by atoms with van der Waals surface area (Å²) in [6.45, 7) is 2.20. The molecule has 2 rings (SSSR count). The third-order valence-electron chi connectivity index (χ3n) is 2.48. The first kappa shape index (κ1) is 12.7. The van der Waals surface area contributed by atoms with Crippen molar-refractivity contribution in [1.29, 1.82) is 0 Å². The Hall–Kier alpha value is -1.38. The maximum absolute atomic E-state index is 6.81. The number of aryl methyl sites for hydroxylation is 1. The summed E-state index contributed by atoms with van der Waals surface area (Å²) in [6, 6.07) is 19.1. The molecule has 0 amide bonds. The second-order valence-electron chi connectivity index (χ2n) is 3.38. The molecule has 0 heterocycles. The number of benzene rings is 2. The van der Waals surface area contributed by atoms with Gasteiger partial charge in [0, 0.05) is 0 Å². The van der Waals surface area contributed by atoms with E-state index in [9.17, 15) is 0 Å². The number of rotatable bonds is 2. The molecule has 0 aliphatic heterocycles. The van der Waals surface area contributed by atoms with Crippen LogP contribution in [0.5, 0.6) is 0 Å². The molecule has 0 saturated carbocycles. The van der Waals surface area contributed by atoms with Crippen molar-refractivity contribution in [3.63, 3.8) is 0 Å². The van der Waals surface area contributed by atoms with Gasteiger partial charge >= 0.3 is 0 Å². The first-order valence-corrected chi connectivity index (χ1v) is 5.72. The van der Waals surface area contributed by atoms with Crippen LogP contribution in [0, 0.1) is 0 Å². The van der Waals surface area contributed by atoms with Crippen LogP contribution in [0.3, 0.4) is 0 Å². The second kappa shape index (κ2) is 6.98. The number of hydrogen-bond donors (Lipinski definition) is 1. The lowest BCUT2D eigenvalue weighted by molar-refractivity contribution is 0.629. The van der Waals surface area contributed by atoms with Gasteiger partial charge in [-0.2, -0.15) is 0 Å². The first-order valence-electron chi connectivity index (χ1n) is 5.27. The summed E-state index contributed by atoms with van der Waals surface area (Å²) in [7, 11) is 1.97. The molecule has 0 unspecified atom stereocenters. The summed E-state index contributed by atoms with van der Waals surface area (Å²) in [4.78, 5) is 6.81. The highest BCUT2D eigenvalue weighted by molar-refractivity contribution is 5.95. The Balaban J connectivity index is 0.000000606. The first-order chi connectivity index (χ1) is 7.92. The van der Waals surface area contributed by atoms with Gasteiger partial charge in [0.15, 0.2) is 0 Å². The second-order valence-corrected chi connectivity index (χ2v) is 3.38. The molecular weight excluding hydrogens is 212 g/mol. The third kappa shape index (κ3) is 3.05. The van der Waals surface area contributed by atoms with Crippen LogP contribution in [0.25, 0.3) is 11.1 Å². The summed E-state index contributed by atoms with van der Waals surface area (Å²) < 4.78 is 0. The summed E-state index contributed by atoms with van der Waals surface area (Å²) in [5, 5.41) is 0. The van der Waals surface area contributed by atoms with E-state index in [1.54, 1.807) is 0 Å². The molecule has 1 N–H and O–H groups in total. The molecule has 16 heavy (non-hydrogen) atoms. The molecule has 0 atom stereocenters. The Kier molecular flexibility index (Phi) is 5.54. The Morgan fingerprint density at radius 3 is 2.06 bits per heavy atom. The van der Waals surface area contributed by atoms with Crippen molar-refractivity contribution in [3.05, 3.63) is 60.2 Å². The van der Waals surface area contributed by atoms with Crippen molar-refractivity contribution in [1.82, 2.24) is 0 Å². The van der Waals surface area contributed by atoms with Gasteiger partial charge in [0.25, 0.3) is 0 Å². The minimum Gasteiger partial charge on any atom is -0.433 e. The minimum absolute atomic E-state index is 1.09. The van der Waals surface area contributed by atoms with E-state index in [0.29, 0.717) is 0 Å². The van der Waals surface area contributed by atoms with Crippen LogP contribution in [0.1, 0.15) is 12.5 Å². The van der Waals surface area contributed by atoms with E-state index in [-0.39, 0.29) is 0 Å². The lowest BCUT2D eigenvalue weighted by Crippen LogP contribution is -1.85. The molecule has 81 valence electrons. The van der Waals surface area contributed by atoms with Crippen molar-refractivity contribution < 1.29 is 4.80 Å². The largest absolute Gasteiger partial charge is 0.433 e. The maximum atomic E-state index is 6.81. The average molecular weight is 227 g/mol. The molecule has 0 aliphatic carbocycles. The van der Waals surface area contributed by atoms with Crippen LogP contribution in [0.2, 0.25) is 0 Å². The predicted octanol–water partition coefficient (Wildman–Crippen LogP) is 2.98. The molecule has 2 aromatic carbocycles. The quantitative estimate of drug-likeness (QED) is 0.782. The highest BCUT2D eigenvalue weighted by atomic mass is 28.2. The van der Waals surface area contributed by atoms with Crippen molar-refractivity contribution in [2.24, 2.45) is 0 Å². The van der Waals surface area contributed by atoms with Gasteiger partial charge in [0.2, 0.25) is 10.5 Å². The Morgan fingerprint density at radius 2 is 1.44 bits per heavy atom. The molecule has 0 spiro atoms. The van der Waals surface area contributed by atoms with E-state index in [4.69, 9.17) is 4.80 Å². The zero-order chi connectivity index (χ0) is 11.8. The fourth-order valence-corrected chi connectivity index (χ4v) is 1.73. The van der Waals surface area contributed by atoms with Crippen molar-refractivity contribution in [2.45, 2.75) is 13.3 Å². The van der Waals surface area contributed by atoms with Crippen LogP contribution in [-0.2, 0) is 6.42 Å². The van der Waals surface area contributed by atoms with Crippen LogP contribution in [0.4, 0.5) is 0 Å². The summed E-state index contributed by atoms with van der Waals surface area (Å²) in [6.07, 6.45) is 1.09. The van der Waals surface area contributed by atoms with Gasteiger partial charge in [-0.05, 0) is 23.1 Å². The minimum atomic E-state index is 1.09. The van der Waals surface area contributed by atoms with E-state index in [2.05, 4.69) is 61.5 Å². The predicted molar refractivity (Wildman–Crippen MR) is 69.2 cm³/mol. The normalized spacial score (nSPS) is 9.19. The third-order valence-corrected chi connectivity index (χ3v) is 2.48. The molecule has 2 aromatic rings. The van der Waals surface area contributed by atoms with Gasteiger partial charge in [-0.15, -0.1) is 0 Å². The molecule has 1 nitrogen and oxygen atoms in total. The number of hydrogen-bond acceptors (Lipinski definition) is 1. The molecular formula is C14H15OSi. The Labute approximate surface area is 100 Å². The van der Waals surface area contributed by atoms with E-state index >= 15 is 0 Å². The van der Waals surface area contributed by atoms with Crippen LogP contribution in [-0.4, -0.2) is 15.3 Å². The highest BCUT2D eigenvalue weighted by Crippen LogP contribution is 2.23. The summed E-state index contributed by atoms with van der Waals surface area (Å²) >= 11 is 0. The van der Waals surface area contributed by atoms with Crippen LogP contribution >= 0.6 is 0 Å². The van der Waals surface area contributed by atoms with Gasteiger partial charge in [0.05, 0.1) is 0 Å². The fraction of sp³-hybridized carbons (Fsp3) is 0.143. The summed E-state index contributed by atoms with van der Waals surface area (Å²) in [5.41, 5.74) is 4.08.